The van der Waals surface area contributed by atoms with E-state index in [4.69, 9.17) is 5.73 Å². The summed E-state index contributed by atoms with van der Waals surface area (Å²) >= 11 is 4.34. The topological polar surface area (TPSA) is 101 Å². The molecular formula is C16H11BrN4O2S. The van der Waals surface area contributed by atoms with Crippen molar-refractivity contribution in [1.29, 1.82) is 0 Å². The van der Waals surface area contributed by atoms with Crippen LogP contribution in [0.2, 0.25) is 0 Å². The molecule has 0 aliphatic heterocycles. The summed E-state index contributed by atoms with van der Waals surface area (Å²) in [4.78, 5) is 34.4. The summed E-state index contributed by atoms with van der Waals surface area (Å²) < 4.78 is 1.57. The van der Waals surface area contributed by atoms with Crippen LogP contribution in [-0.2, 0) is 0 Å². The van der Waals surface area contributed by atoms with E-state index >= 15 is 0 Å². The van der Waals surface area contributed by atoms with Gasteiger partial charge in [0.1, 0.15) is 0 Å². The summed E-state index contributed by atoms with van der Waals surface area (Å²) in [5, 5.41) is 0. The molecule has 24 heavy (non-hydrogen) atoms. The molecule has 0 bridgehead atoms. The average Bonchev–Trinajstić information content (AvgIpc) is 2.95. The van der Waals surface area contributed by atoms with Crippen molar-refractivity contribution in [3.63, 3.8) is 0 Å². The minimum atomic E-state index is -0.326. The lowest BCUT2D eigenvalue weighted by atomic mass is 10.1. The second-order valence-corrected chi connectivity index (χ2v) is 6.72. The summed E-state index contributed by atoms with van der Waals surface area (Å²) in [5.41, 5.74) is 6.99. The van der Waals surface area contributed by atoms with E-state index in [1.165, 1.54) is 12.3 Å². The maximum Gasteiger partial charge on any atom is 0.305 e. The van der Waals surface area contributed by atoms with Crippen molar-refractivity contribution in [3.05, 3.63) is 68.0 Å². The first-order valence-corrected chi connectivity index (χ1v) is 8.43. The zero-order chi connectivity index (χ0) is 17.1. The van der Waals surface area contributed by atoms with Gasteiger partial charge in [0.05, 0.1) is 15.9 Å². The Balaban J connectivity index is 1.79. The standard InChI is InChI=1S/C16H11BrN4O2S/c17-10-2-4-14(20-8-10)19-6-5-11(18)15(22)9-1-3-12-13(7-9)24-16(23)21-12/h1-8H,18H2,(H,21,23). The van der Waals surface area contributed by atoms with Gasteiger partial charge in [-0.15, -0.1) is 0 Å². The highest BCUT2D eigenvalue weighted by atomic mass is 79.9. The third kappa shape index (κ3) is 3.66. The summed E-state index contributed by atoms with van der Waals surface area (Å²) in [6, 6.07) is 8.51. The molecule has 3 N–H and O–H groups in total. The van der Waals surface area contributed by atoms with Crippen molar-refractivity contribution < 1.29 is 4.79 Å². The molecule has 0 saturated heterocycles. The van der Waals surface area contributed by atoms with Crippen LogP contribution >= 0.6 is 27.3 Å². The molecule has 8 heteroatoms. The SMILES string of the molecule is NC(=CC=Nc1ccc(Br)cn1)C(=O)c1ccc2[nH]c(=O)sc2c1. The maximum absolute atomic E-state index is 12.3. The highest BCUT2D eigenvalue weighted by Crippen LogP contribution is 2.17. The van der Waals surface area contributed by atoms with Crippen LogP contribution in [0.25, 0.3) is 10.2 Å². The molecule has 0 aliphatic carbocycles. The normalized spacial score (nSPS) is 12.1. The van der Waals surface area contributed by atoms with Gasteiger partial charge in [-0.3, -0.25) is 9.59 Å². The van der Waals surface area contributed by atoms with Crippen molar-refractivity contribution in [2.45, 2.75) is 0 Å². The van der Waals surface area contributed by atoms with Crippen molar-refractivity contribution in [1.82, 2.24) is 9.97 Å². The van der Waals surface area contributed by atoms with Gasteiger partial charge in [-0.2, -0.15) is 0 Å². The number of pyridine rings is 1. The Hall–Kier alpha value is -2.58. The number of nitrogens with zero attached hydrogens (tertiary/aromatic N) is 2. The quantitative estimate of drug-likeness (QED) is 0.397. The average molecular weight is 403 g/mol. The van der Waals surface area contributed by atoms with Gasteiger partial charge in [0.2, 0.25) is 5.78 Å². The van der Waals surface area contributed by atoms with Crippen molar-refractivity contribution in [2.75, 3.05) is 0 Å². The number of ketones is 1. The van der Waals surface area contributed by atoms with Gasteiger partial charge in [0.15, 0.2) is 5.82 Å². The van der Waals surface area contributed by atoms with Crippen LogP contribution in [0.15, 0.2) is 62.6 Å². The Bertz CT molecular complexity index is 1020. The third-order valence-electron chi connectivity index (χ3n) is 3.12. The Kier molecular flexibility index (Phi) is 4.68. The molecular weight excluding hydrogens is 392 g/mol. The number of allylic oxidation sites excluding steroid dienone is 2. The first-order valence-electron chi connectivity index (χ1n) is 6.82. The zero-order valence-corrected chi connectivity index (χ0v) is 14.6. The lowest BCUT2D eigenvalue weighted by Gasteiger charge is -2.00. The van der Waals surface area contributed by atoms with E-state index in [-0.39, 0.29) is 16.4 Å². The molecule has 3 aromatic rings. The molecule has 0 aliphatic rings. The van der Waals surface area contributed by atoms with E-state index in [1.807, 2.05) is 6.07 Å². The maximum atomic E-state index is 12.3. The van der Waals surface area contributed by atoms with Crippen LogP contribution < -0.4 is 10.6 Å². The van der Waals surface area contributed by atoms with Crippen molar-refractivity contribution >= 4 is 55.3 Å². The third-order valence-corrected chi connectivity index (χ3v) is 4.43. The number of carbonyl (C=O) groups excluding carboxylic acids is 1. The lowest BCUT2D eigenvalue weighted by Crippen LogP contribution is -2.11. The summed E-state index contributed by atoms with van der Waals surface area (Å²) in [6.07, 6.45) is 4.48. The van der Waals surface area contributed by atoms with Gasteiger partial charge in [0, 0.05) is 22.4 Å². The molecule has 0 radical (unpaired) electrons. The number of benzene rings is 1. The largest absolute Gasteiger partial charge is 0.396 e. The molecule has 0 fully saturated rings. The molecule has 2 heterocycles. The molecule has 0 saturated carbocycles. The number of nitrogens with two attached hydrogens (primary N) is 1. The van der Waals surface area contributed by atoms with E-state index in [0.29, 0.717) is 21.6 Å². The van der Waals surface area contributed by atoms with Crippen LogP contribution in [0, 0.1) is 0 Å². The molecule has 3 rings (SSSR count). The summed E-state index contributed by atoms with van der Waals surface area (Å²) in [7, 11) is 0. The smallest absolute Gasteiger partial charge is 0.305 e. The monoisotopic (exact) mass is 402 g/mol. The molecule has 0 spiro atoms. The molecule has 0 unspecified atom stereocenters. The molecule has 0 atom stereocenters. The van der Waals surface area contributed by atoms with Crippen LogP contribution in [0.1, 0.15) is 10.4 Å². The fourth-order valence-electron chi connectivity index (χ4n) is 1.97. The first kappa shape index (κ1) is 16.3. The molecule has 120 valence electrons. The second-order valence-electron chi connectivity index (χ2n) is 4.79. The second kappa shape index (κ2) is 6.90. The Labute approximate surface area is 148 Å². The number of aromatic nitrogens is 2. The van der Waals surface area contributed by atoms with Gasteiger partial charge < -0.3 is 10.7 Å². The number of aromatic amines is 1. The van der Waals surface area contributed by atoms with E-state index < -0.39 is 0 Å². The Morgan fingerprint density at radius 2 is 2.17 bits per heavy atom. The molecule has 1 aromatic carbocycles. The number of hydrogen-bond donors (Lipinski definition) is 2. The Morgan fingerprint density at radius 1 is 1.33 bits per heavy atom. The van der Waals surface area contributed by atoms with E-state index in [9.17, 15) is 9.59 Å². The number of thiazole rings is 1. The fraction of sp³-hybridized carbons (Fsp3) is 0. The number of aliphatic imine (C=N–C) groups is 1. The van der Waals surface area contributed by atoms with Crippen molar-refractivity contribution in [3.8, 4) is 0 Å². The highest BCUT2D eigenvalue weighted by Gasteiger charge is 2.10. The predicted molar refractivity (Wildman–Crippen MR) is 99.1 cm³/mol. The van der Waals surface area contributed by atoms with E-state index in [1.54, 1.807) is 30.5 Å². The zero-order valence-electron chi connectivity index (χ0n) is 12.2. The number of hydrogen-bond acceptors (Lipinski definition) is 6. The highest BCUT2D eigenvalue weighted by molar-refractivity contribution is 9.10. The number of H-pyrrole nitrogens is 1. The number of nitrogens with one attached hydrogen (secondary N) is 1. The number of rotatable bonds is 4. The van der Waals surface area contributed by atoms with E-state index in [0.717, 1.165) is 15.8 Å². The minimum Gasteiger partial charge on any atom is -0.396 e. The lowest BCUT2D eigenvalue weighted by molar-refractivity contribution is 0.103. The number of carbonyl (C=O) groups is 1. The van der Waals surface area contributed by atoms with Gasteiger partial charge in [0.25, 0.3) is 0 Å². The van der Waals surface area contributed by atoms with Gasteiger partial charge in [-0.25, -0.2) is 9.98 Å². The van der Waals surface area contributed by atoms with Crippen LogP contribution in [0.5, 0.6) is 0 Å². The van der Waals surface area contributed by atoms with Gasteiger partial charge >= 0.3 is 4.87 Å². The van der Waals surface area contributed by atoms with Crippen molar-refractivity contribution in [2.24, 2.45) is 10.7 Å². The summed E-state index contributed by atoms with van der Waals surface area (Å²) in [5.74, 6) is 0.182. The predicted octanol–water partition coefficient (Wildman–Crippen LogP) is 3.17. The van der Waals surface area contributed by atoms with E-state index in [2.05, 4.69) is 30.9 Å². The molecule has 6 nitrogen and oxygen atoms in total. The fourth-order valence-corrected chi connectivity index (χ4v) is 2.98. The Morgan fingerprint density at radius 3 is 2.92 bits per heavy atom. The number of halogens is 1. The first-order chi connectivity index (χ1) is 11.5. The van der Waals surface area contributed by atoms with Gasteiger partial charge in [-0.05, 0) is 52.3 Å². The summed E-state index contributed by atoms with van der Waals surface area (Å²) in [6.45, 7) is 0. The van der Waals surface area contributed by atoms with Crippen LogP contribution in [-0.4, -0.2) is 22.0 Å². The minimum absolute atomic E-state index is 0.0538. The van der Waals surface area contributed by atoms with Gasteiger partial charge in [-0.1, -0.05) is 11.3 Å². The molecule has 2 aromatic heterocycles. The number of Topliss-reactive ketones (excluding diaryl/α,β-unsaturated/α-hetero) is 1. The number of fused-ring (bicyclic) bond motifs is 1. The van der Waals surface area contributed by atoms with Crippen LogP contribution in [0.4, 0.5) is 5.82 Å². The van der Waals surface area contributed by atoms with Crippen LogP contribution in [0.3, 0.4) is 0 Å². The molecule has 0 amide bonds.